The molecule has 1 aromatic rings. The van der Waals surface area contributed by atoms with Gasteiger partial charge >= 0.3 is 0 Å². The molecule has 156 valence electrons. The SMILES string of the molecule is Cc1noc(C)c1CSCC(=O)NCCN1CCN(C(=O)C2CCCC2)CC1. The van der Waals surface area contributed by atoms with Crippen LogP contribution in [0, 0.1) is 19.8 Å². The number of hydrogen-bond acceptors (Lipinski definition) is 6. The third-order valence-corrected chi connectivity index (χ3v) is 6.76. The minimum atomic E-state index is 0.0619. The van der Waals surface area contributed by atoms with Gasteiger partial charge in [0.1, 0.15) is 5.76 Å². The summed E-state index contributed by atoms with van der Waals surface area (Å²) in [6.07, 6.45) is 4.54. The van der Waals surface area contributed by atoms with Crippen LogP contribution in [0.15, 0.2) is 4.52 Å². The van der Waals surface area contributed by atoms with Crippen LogP contribution in [0.25, 0.3) is 0 Å². The van der Waals surface area contributed by atoms with Crippen LogP contribution in [0.2, 0.25) is 0 Å². The lowest BCUT2D eigenvalue weighted by Gasteiger charge is -2.36. The zero-order valence-electron chi connectivity index (χ0n) is 17.0. The Morgan fingerprint density at radius 1 is 1.18 bits per heavy atom. The highest BCUT2D eigenvalue weighted by atomic mass is 32.2. The summed E-state index contributed by atoms with van der Waals surface area (Å²) >= 11 is 1.58. The van der Waals surface area contributed by atoms with Crippen molar-refractivity contribution in [2.24, 2.45) is 5.92 Å². The van der Waals surface area contributed by atoms with E-state index in [2.05, 4.69) is 15.4 Å². The van der Waals surface area contributed by atoms with Crippen molar-refractivity contribution in [3.63, 3.8) is 0 Å². The van der Waals surface area contributed by atoms with Crippen molar-refractivity contribution in [3.05, 3.63) is 17.0 Å². The molecule has 0 radical (unpaired) electrons. The molecule has 1 saturated carbocycles. The van der Waals surface area contributed by atoms with Gasteiger partial charge in [0.25, 0.3) is 0 Å². The van der Waals surface area contributed by atoms with E-state index in [0.717, 1.165) is 68.3 Å². The quantitative estimate of drug-likeness (QED) is 0.709. The Morgan fingerprint density at radius 3 is 2.54 bits per heavy atom. The van der Waals surface area contributed by atoms with Gasteiger partial charge in [-0.15, -0.1) is 11.8 Å². The molecule has 2 amide bonds. The summed E-state index contributed by atoms with van der Waals surface area (Å²) in [7, 11) is 0. The Labute approximate surface area is 171 Å². The van der Waals surface area contributed by atoms with Crippen LogP contribution in [0.4, 0.5) is 0 Å². The molecule has 0 unspecified atom stereocenters. The number of carbonyl (C=O) groups is 2. The maximum absolute atomic E-state index is 12.5. The maximum atomic E-state index is 12.5. The fourth-order valence-electron chi connectivity index (χ4n) is 3.98. The Morgan fingerprint density at radius 2 is 1.89 bits per heavy atom. The maximum Gasteiger partial charge on any atom is 0.230 e. The first-order valence-corrected chi connectivity index (χ1v) is 11.5. The van der Waals surface area contributed by atoms with Crippen molar-refractivity contribution in [2.75, 3.05) is 45.0 Å². The predicted molar refractivity (Wildman–Crippen MR) is 110 cm³/mol. The zero-order valence-corrected chi connectivity index (χ0v) is 17.9. The third kappa shape index (κ3) is 5.73. The van der Waals surface area contributed by atoms with Crippen LogP contribution in [0.5, 0.6) is 0 Å². The zero-order chi connectivity index (χ0) is 19.9. The lowest BCUT2D eigenvalue weighted by Crippen LogP contribution is -2.51. The van der Waals surface area contributed by atoms with Gasteiger partial charge in [-0.05, 0) is 26.7 Å². The predicted octanol–water partition coefficient (Wildman–Crippen LogP) is 1.98. The summed E-state index contributed by atoms with van der Waals surface area (Å²) in [4.78, 5) is 28.9. The molecule has 8 heteroatoms. The molecular weight excluding hydrogens is 376 g/mol. The molecule has 1 N–H and O–H groups in total. The van der Waals surface area contributed by atoms with Gasteiger partial charge in [0, 0.05) is 56.5 Å². The van der Waals surface area contributed by atoms with Crippen molar-refractivity contribution < 1.29 is 14.1 Å². The number of amides is 2. The molecule has 1 aliphatic carbocycles. The summed E-state index contributed by atoms with van der Waals surface area (Å²) in [6.45, 7) is 8.75. The van der Waals surface area contributed by atoms with Gasteiger partial charge < -0.3 is 14.7 Å². The minimum Gasteiger partial charge on any atom is -0.361 e. The molecule has 28 heavy (non-hydrogen) atoms. The summed E-state index contributed by atoms with van der Waals surface area (Å²) in [5.41, 5.74) is 1.98. The summed E-state index contributed by atoms with van der Waals surface area (Å²) in [6, 6.07) is 0. The van der Waals surface area contributed by atoms with Gasteiger partial charge in [-0.3, -0.25) is 14.5 Å². The molecule has 1 saturated heterocycles. The number of rotatable bonds is 8. The Balaban J connectivity index is 1.26. The molecular formula is C20H32N4O3S. The molecule has 3 rings (SSSR count). The molecule has 0 spiro atoms. The first-order chi connectivity index (χ1) is 13.5. The number of thioether (sulfide) groups is 1. The third-order valence-electron chi connectivity index (χ3n) is 5.80. The Kier molecular flexibility index (Phi) is 7.79. The average Bonchev–Trinajstić information content (AvgIpc) is 3.34. The number of nitrogens with one attached hydrogen (secondary N) is 1. The van der Waals surface area contributed by atoms with Gasteiger partial charge in [-0.25, -0.2) is 0 Å². The van der Waals surface area contributed by atoms with Gasteiger partial charge in [-0.1, -0.05) is 18.0 Å². The second kappa shape index (κ2) is 10.3. The highest BCUT2D eigenvalue weighted by Crippen LogP contribution is 2.26. The number of carbonyl (C=O) groups excluding carboxylic acids is 2. The van der Waals surface area contributed by atoms with Crippen LogP contribution < -0.4 is 5.32 Å². The fourth-order valence-corrected chi connectivity index (χ4v) is 4.99. The van der Waals surface area contributed by atoms with Crippen LogP contribution in [0.1, 0.15) is 42.7 Å². The minimum absolute atomic E-state index is 0.0619. The lowest BCUT2D eigenvalue weighted by atomic mass is 10.1. The summed E-state index contributed by atoms with van der Waals surface area (Å²) in [5, 5.41) is 6.93. The molecule has 0 atom stereocenters. The van der Waals surface area contributed by atoms with Gasteiger partial charge in [0.05, 0.1) is 11.4 Å². The first-order valence-electron chi connectivity index (χ1n) is 10.3. The lowest BCUT2D eigenvalue weighted by molar-refractivity contribution is -0.137. The number of aromatic nitrogens is 1. The van der Waals surface area contributed by atoms with E-state index in [1.54, 1.807) is 11.8 Å². The summed E-state index contributed by atoms with van der Waals surface area (Å²) < 4.78 is 5.14. The first kappa shape index (κ1) is 21.2. The molecule has 0 aromatic carbocycles. The number of aryl methyl sites for hydroxylation is 2. The van der Waals surface area contributed by atoms with Crippen molar-refractivity contribution in [2.45, 2.75) is 45.3 Å². The van der Waals surface area contributed by atoms with Gasteiger partial charge in [0.2, 0.25) is 11.8 Å². The fraction of sp³-hybridized carbons (Fsp3) is 0.750. The summed E-state index contributed by atoms with van der Waals surface area (Å²) in [5.74, 6) is 2.71. The van der Waals surface area contributed by atoms with E-state index < -0.39 is 0 Å². The molecule has 2 fully saturated rings. The van der Waals surface area contributed by atoms with E-state index in [0.29, 0.717) is 18.2 Å². The van der Waals surface area contributed by atoms with Gasteiger partial charge in [0.15, 0.2) is 0 Å². The molecule has 0 bridgehead atoms. The standard InChI is InChI=1S/C20H32N4O3S/c1-15-18(16(2)27-22-15)13-28-14-19(25)21-7-8-23-9-11-24(12-10-23)20(26)17-5-3-4-6-17/h17H,3-14H2,1-2H3,(H,21,25). The van der Waals surface area contributed by atoms with Crippen LogP contribution in [-0.4, -0.2) is 71.8 Å². The number of hydrogen-bond donors (Lipinski definition) is 1. The van der Waals surface area contributed by atoms with Crippen molar-refractivity contribution in [1.82, 2.24) is 20.3 Å². The van der Waals surface area contributed by atoms with E-state index in [4.69, 9.17) is 4.52 Å². The van der Waals surface area contributed by atoms with Crippen molar-refractivity contribution in [3.8, 4) is 0 Å². The van der Waals surface area contributed by atoms with E-state index in [1.165, 1.54) is 12.8 Å². The molecule has 2 aliphatic rings. The molecule has 1 aromatic heterocycles. The second-order valence-electron chi connectivity index (χ2n) is 7.79. The topological polar surface area (TPSA) is 78.7 Å². The Bertz CT molecular complexity index is 645. The molecule has 2 heterocycles. The van der Waals surface area contributed by atoms with Crippen LogP contribution >= 0.6 is 11.8 Å². The normalized spacial score (nSPS) is 18.6. The van der Waals surface area contributed by atoms with Crippen molar-refractivity contribution >= 4 is 23.6 Å². The molecule has 7 nitrogen and oxygen atoms in total. The number of nitrogens with zero attached hydrogens (tertiary/aromatic N) is 3. The van der Waals surface area contributed by atoms with Crippen molar-refractivity contribution in [1.29, 1.82) is 0 Å². The highest BCUT2D eigenvalue weighted by molar-refractivity contribution is 7.99. The smallest absolute Gasteiger partial charge is 0.230 e. The average molecular weight is 409 g/mol. The largest absolute Gasteiger partial charge is 0.361 e. The van der Waals surface area contributed by atoms with Gasteiger partial charge in [-0.2, -0.15) is 0 Å². The number of piperazine rings is 1. The van der Waals surface area contributed by atoms with E-state index >= 15 is 0 Å². The van der Waals surface area contributed by atoms with Crippen LogP contribution in [-0.2, 0) is 15.3 Å². The van der Waals surface area contributed by atoms with E-state index in [-0.39, 0.29) is 11.8 Å². The molecule has 1 aliphatic heterocycles. The second-order valence-corrected chi connectivity index (χ2v) is 8.78. The monoisotopic (exact) mass is 408 g/mol. The van der Waals surface area contributed by atoms with E-state index in [1.807, 2.05) is 18.7 Å². The van der Waals surface area contributed by atoms with Crippen LogP contribution in [0.3, 0.4) is 0 Å². The van der Waals surface area contributed by atoms with E-state index in [9.17, 15) is 9.59 Å². The highest BCUT2D eigenvalue weighted by Gasteiger charge is 2.29. The Hall–Kier alpha value is -1.54.